The SMILES string of the molecule is CC1(C)c2ccccc2-c2ccc3c4ccccc4n(-c4ccc(CN(Cc5ccccc5)NC(=N)c5ccccc5)cc4)c3c21. The van der Waals surface area contributed by atoms with E-state index >= 15 is 0 Å². The molecule has 4 nitrogen and oxygen atoms in total. The number of nitrogens with zero attached hydrogens (tertiary/aromatic N) is 2. The number of para-hydroxylation sites is 1. The molecule has 0 bridgehead atoms. The molecule has 0 saturated carbocycles. The van der Waals surface area contributed by atoms with Gasteiger partial charge in [0.25, 0.3) is 0 Å². The first-order valence-electron chi connectivity index (χ1n) is 15.9. The average Bonchev–Trinajstić information content (AvgIpc) is 3.55. The summed E-state index contributed by atoms with van der Waals surface area (Å²) in [4.78, 5) is 0. The Balaban J connectivity index is 1.19. The minimum absolute atomic E-state index is 0.121. The molecule has 0 amide bonds. The Morgan fingerprint density at radius 2 is 1.26 bits per heavy atom. The van der Waals surface area contributed by atoms with E-state index in [1.807, 2.05) is 36.4 Å². The van der Waals surface area contributed by atoms with Crippen molar-refractivity contribution in [3.05, 3.63) is 173 Å². The van der Waals surface area contributed by atoms with Gasteiger partial charge >= 0.3 is 0 Å². The van der Waals surface area contributed by atoms with Gasteiger partial charge in [0.05, 0.1) is 11.0 Å². The molecule has 0 spiro atoms. The van der Waals surface area contributed by atoms with Gasteiger partial charge in [-0.3, -0.25) is 5.41 Å². The van der Waals surface area contributed by atoms with Crippen LogP contribution in [0.3, 0.4) is 0 Å². The van der Waals surface area contributed by atoms with Crippen LogP contribution in [0.4, 0.5) is 0 Å². The summed E-state index contributed by atoms with van der Waals surface area (Å²) in [5.41, 5.74) is 15.6. The number of hydrogen-bond donors (Lipinski definition) is 2. The second kappa shape index (κ2) is 11.2. The van der Waals surface area contributed by atoms with E-state index in [4.69, 9.17) is 5.41 Å². The highest BCUT2D eigenvalue weighted by atomic mass is 15.5. The molecule has 1 aliphatic rings. The Bertz CT molecular complexity index is 2210. The topological polar surface area (TPSA) is 44.0 Å². The fourth-order valence-electron chi connectivity index (χ4n) is 7.32. The quantitative estimate of drug-likeness (QED) is 0.109. The average molecular weight is 597 g/mol. The molecule has 0 fully saturated rings. The number of amidine groups is 1. The zero-order valence-corrected chi connectivity index (χ0v) is 26.2. The van der Waals surface area contributed by atoms with Crippen LogP contribution in [0.15, 0.2) is 146 Å². The molecule has 0 aliphatic heterocycles. The molecular weight excluding hydrogens is 560 g/mol. The van der Waals surface area contributed by atoms with Gasteiger partial charge in [0.2, 0.25) is 0 Å². The predicted octanol–water partition coefficient (Wildman–Crippen LogP) is 9.62. The fraction of sp³-hybridized carbons (Fsp3) is 0.119. The zero-order chi connectivity index (χ0) is 31.3. The van der Waals surface area contributed by atoms with Gasteiger partial charge in [-0.2, -0.15) is 0 Å². The maximum Gasteiger partial charge on any atom is 0.140 e. The molecule has 1 aromatic heterocycles. The number of benzene rings is 6. The summed E-state index contributed by atoms with van der Waals surface area (Å²) in [6.07, 6.45) is 0. The summed E-state index contributed by atoms with van der Waals surface area (Å²) in [7, 11) is 0. The molecule has 0 atom stereocenters. The normalized spacial score (nSPS) is 13.2. The largest absolute Gasteiger partial charge is 0.309 e. The van der Waals surface area contributed by atoms with Gasteiger partial charge in [-0.1, -0.05) is 141 Å². The number of rotatable bonds is 7. The Morgan fingerprint density at radius 1 is 0.630 bits per heavy atom. The van der Waals surface area contributed by atoms with Crippen LogP contribution in [-0.2, 0) is 18.5 Å². The predicted molar refractivity (Wildman–Crippen MR) is 190 cm³/mol. The molecule has 0 saturated heterocycles. The molecule has 1 heterocycles. The molecule has 46 heavy (non-hydrogen) atoms. The van der Waals surface area contributed by atoms with Crippen molar-refractivity contribution in [1.29, 1.82) is 5.41 Å². The molecular formula is C42H36N4. The highest BCUT2D eigenvalue weighted by molar-refractivity contribution is 6.13. The van der Waals surface area contributed by atoms with Gasteiger partial charge in [-0.25, -0.2) is 5.01 Å². The van der Waals surface area contributed by atoms with E-state index in [1.165, 1.54) is 55.2 Å². The lowest BCUT2D eigenvalue weighted by atomic mass is 9.81. The smallest absolute Gasteiger partial charge is 0.140 e. The van der Waals surface area contributed by atoms with Crippen LogP contribution < -0.4 is 5.43 Å². The number of nitrogens with one attached hydrogen (secondary N) is 2. The molecule has 7 aromatic rings. The third-order valence-corrected chi connectivity index (χ3v) is 9.47. The van der Waals surface area contributed by atoms with Crippen LogP contribution in [-0.4, -0.2) is 15.4 Å². The summed E-state index contributed by atoms with van der Waals surface area (Å²) >= 11 is 0. The Kier molecular flexibility index (Phi) is 6.81. The van der Waals surface area contributed by atoms with Crippen LogP contribution in [0.25, 0.3) is 38.6 Å². The summed E-state index contributed by atoms with van der Waals surface area (Å²) in [5.74, 6) is 0.385. The van der Waals surface area contributed by atoms with Crippen molar-refractivity contribution in [1.82, 2.24) is 15.0 Å². The van der Waals surface area contributed by atoms with Gasteiger partial charge in [-0.15, -0.1) is 0 Å². The van der Waals surface area contributed by atoms with Crippen LogP contribution in [0.1, 0.15) is 41.7 Å². The fourth-order valence-corrected chi connectivity index (χ4v) is 7.32. The monoisotopic (exact) mass is 596 g/mol. The van der Waals surface area contributed by atoms with E-state index in [0.29, 0.717) is 18.9 Å². The molecule has 1 aliphatic carbocycles. The van der Waals surface area contributed by atoms with Crippen LogP contribution in [0, 0.1) is 5.41 Å². The lowest BCUT2D eigenvalue weighted by Gasteiger charge is -2.25. The first-order valence-corrected chi connectivity index (χ1v) is 15.9. The van der Waals surface area contributed by atoms with Crippen LogP contribution in [0.5, 0.6) is 0 Å². The van der Waals surface area contributed by atoms with Crippen molar-refractivity contribution in [2.45, 2.75) is 32.4 Å². The zero-order valence-electron chi connectivity index (χ0n) is 26.2. The highest BCUT2D eigenvalue weighted by Crippen LogP contribution is 2.52. The molecule has 0 radical (unpaired) electrons. The maximum absolute atomic E-state index is 8.76. The summed E-state index contributed by atoms with van der Waals surface area (Å²) in [6, 6.07) is 51.5. The summed E-state index contributed by atoms with van der Waals surface area (Å²) in [6.45, 7) is 6.05. The second-order valence-electron chi connectivity index (χ2n) is 12.8. The van der Waals surface area contributed by atoms with E-state index < -0.39 is 0 Å². The minimum atomic E-state index is -0.121. The molecule has 2 N–H and O–H groups in total. The van der Waals surface area contributed by atoms with Crippen LogP contribution >= 0.6 is 0 Å². The van der Waals surface area contributed by atoms with E-state index in [2.05, 4.69) is 138 Å². The number of hydrogen-bond acceptors (Lipinski definition) is 2. The van der Waals surface area contributed by atoms with Crippen molar-refractivity contribution in [2.75, 3.05) is 0 Å². The van der Waals surface area contributed by atoms with Crippen molar-refractivity contribution in [2.24, 2.45) is 0 Å². The Labute approximate surface area is 270 Å². The summed E-state index contributed by atoms with van der Waals surface area (Å²) < 4.78 is 2.46. The van der Waals surface area contributed by atoms with Crippen molar-refractivity contribution >= 4 is 27.6 Å². The van der Waals surface area contributed by atoms with E-state index in [1.54, 1.807) is 0 Å². The van der Waals surface area contributed by atoms with Crippen molar-refractivity contribution in [3.63, 3.8) is 0 Å². The Hall–Kier alpha value is -5.45. The molecule has 6 aromatic carbocycles. The van der Waals surface area contributed by atoms with Crippen molar-refractivity contribution in [3.8, 4) is 16.8 Å². The third-order valence-electron chi connectivity index (χ3n) is 9.47. The van der Waals surface area contributed by atoms with E-state index in [9.17, 15) is 0 Å². The van der Waals surface area contributed by atoms with Gasteiger partial charge in [0.15, 0.2) is 0 Å². The van der Waals surface area contributed by atoms with Crippen molar-refractivity contribution < 1.29 is 0 Å². The van der Waals surface area contributed by atoms with Crippen LogP contribution in [0.2, 0.25) is 0 Å². The molecule has 4 heteroatoms. The Morgan fingerprint density at radius 3 is 2.02 bits per heavy atom. The second-order valence-corrected chi connectivity index (χ2v) is 12.8. The standard InChI is InChI=1S/C42H36N4/c1-42(2)37-19-11-9-17-33(37)35-25-26-36-34-18-10-12-20-38(34)46(40(36)39(35)42)32-23-21-30(22-24-32)28-45(27-29-13-5-3-6-14-29)44-41(43)31-15-7-4-8-16-31/h3-26H,27-28H2,1-2H3,(H2,43,44). The van der Waals surface area contributed by atoms with Gasteiger partial charge in [0, 0.05) is 40.5 Å². The van der Waals surface area contributed by atoms with Gasteiger partial charge in [0.1, 0.15) is 5.84 Å². The van der Waals surface area contributed by atoms with E-state index in [-0.39, 0.29) is 5.41 Å². The van der Waals surface area contributed by atoms with E-state index in [0.717, 1.165) is 11.3 Å². The minimum Gasteiger partial charge on any atom is -0.309 e. The lowest BCUT2D eigenvalue weighted by Crippen LogP contribution is -2.41. The lowest BCUT2D eigenvalue weighted by molar-refractivity contribution is 0.216. The summed E-state index contributed by atoms with van der Waals surface area (Å²) in [5, 5.41) is 13.4. The first-order chi connectivity index (χ1) is 22.5. The maximum atomic E-state index is 8.76. The molecule has 0 unspecified atom stereocenters. The first kappa shape index (κ1) is 28.1. The van der Waals surface area contributed by atoms with Gasteiger partial charge in [-0.05, 0) is 51.6 Å². The number of hydrazine groups is 1. The van der Waals surface area contributed by atoms with Gasteiger partial charge < -0.3 is 9.99 Å². The third kappa shape index (κ3) is 4.70. The molecule has 224 valence electrons. The highest BCUT2D eigenvalue weighted by Gasteiger charge is 2.38. The molecule has 8 rings (SSSR count). The number of aromatic nitrogens is 1. The number of fused-ring (bicyclic) bond motifs is 7.